The molecule has 62 heavy (non-hydrogen) atoms. The van der Waals surface area contributed by atoms with Crippen molar-refractivity contribution in [2.75, 3.05) is 19.8 Å². The van der Waals surface area contributed by atoms with E-state index in [-0.39, 0.29) is 59.2 Å². The van der Waals surface area contributed by atoms with Crippen molar-refractivity contribution >= 4 is 5.97 Å². The first-order valence-corrected chi connectivity index (χ1v) is 23.1. The predicted molar refractivity (Wildman–Crippen MR) is 219 cm³/mol. The van der Waals surface area contributed by atoms with E-state index in [0.717, 1.165) is 44.9 Å². The van der Waals surface area contributed by atoms with Crippen LogP contribution >= 0.6 is 0 Å². The van der Waals surface area contributed by atoms with Gasteiger partial charge in [-0.05, 0) is 111 Å². The van der Waals surface area contributed by atoms with E-state index in [1.54, 1.807) is 0 Å². The SMILES string of the molecule is C[C@@H]1O[C@@H](O[C@H]2[C@H](O[C@H]3CC[C@@]4(C)[C@@H](CC[C@]5(C)[C@@H]4CC=C4[C@@H]6CC(C)(C)CC[C@]6(C(=O)O)CC[C@]45C)[C@@]3(C)CO)OC[C@H](O)[C@@H]2O)[C@H](O)[C@H](O[C@@H]2OC[C@H](O)[C@H](O)[C@H]2O)[C@H]1O. The van der Waals surface area contributed by atoms with Crippen LogP contribution in [-0.2, 0) is 33.2 Å². The summed E-state index contributed by atoms with van der Waals surface area (Å²) in [5, 5.41) is 97.4. The lowest BCUT2D eigenvalue weighted by atomic mass is 9.33. The van der Waals surface area contributed by atoms with E-state index >= 15 is 0 Å². The molecule has 22 atom stereocenters. The average Bonchev–Trinajstić information content (AvgIpc) is 3.21. The molecular formula is C46H74O16. The van der Waals surface area contributed by atoms with Gasteiger partial charge in [-0.25, -0.2) is 0 Å². The summed E-state index contributed by atoms with van der Waals surface area (Å²) in [5.74, 6) is -0.342. The molecule has 8 rings (SSSR count). The Balaban J connectivity index is 1.02. The molecule has 9 N–H and O–H groups in total. The van der Waals surface area contributed by atoms with Gasteiger partial charge < -0.3 is 74.4 Å². The lowest BCUT2D eigenvalue weighted by Gasteiger charge is -2.71. The van der Waals surface area contributed by atoms with Crippen LogP contribution in [0.5, 0.6) is 0 Å². The first kappa shape index (κ1) is 47.2. The summed E-state index contributed by atoms with van der Waals surface area (Å²) in [6.07, 6.45) is -9.19. The minimum atomic E-state index is -1.73. The van der Waals surface area contributed by atoms with Crippen LogP contribution in [0.15, 0.2) is 11.6 Å². The van der Waals surface area contributed by atoms with Crippen LogP contribution in [0.2, 0.25) is 0 Å². The van der Waals surface area contributed by atoms with Gasteiger partial charge in [-0.15, -0.1) is 0 Å². The fourth-order valence-electron chi connectivity index (χ4n) is 14.5. The normalized spacial score (nSPS) is 55.1. The van der Waals surface area contributed by atoms with Gasteiger partial charge in [0, 0.05) is 5.41 Å². The standard InChI is InChI=1S/C46H74O16/c1-22-30(50)35(61-37-33(53)31(51)25(48)19-57-37)34(54)38(59-22)62-36-32(52)26(49)20-58-39(36)60-29-11-12-42(4)27(43(29,5)21-47)10-13-45(7)28(42)9-8-23-24-18-41(2,3)14-16-46(24,40(55)56)17-15-44(23,45)6/h8,22,24-39,47-54H,9-21H2,1-7H3,(H,55,56)/t22-,24-,25-,26-,27+,28+,29-,30-,31-,32-,33+,34+,35+,36+,37-,38-,39-,42-,43+,44+,45+,46-/m0/s1. The fourth-order valence-corrected chi connectivity index (χ4v) is 14.5. The zero-order chi connectivity index (χ0) is 45.1. The van der Waals surface area contributed by atoms with E-state index in [1.165, 1.54) is 12.5 Å². The number of rotatable bonds is 8. The molecule has 0 aromatic carbocycles. The van der Waals surface area contributed by atoms with Gasteiger partial charge in [0.2, 0.25) is 0 Å². The van der Waals surface area contributed by atoms with Gasteiger partial charge in [0.05, 0.1) is 37.4 Å². The summed E-state index contributed by atoms with van der Waals surface area (Å²) in [6.45, 7) is 14.5. The van der Waals surface area contributed by atoms with Crippen LogP contribution in [0.1, 0.15) is 113 Å². The highest BCUT2D eigenvalue weighted by Crippen LogP contribution is 2.76. The molecule has 16 heteroatoms. The highest BCUT2D eigenvalue weighted by Gasteiger charge is 2.70. The van der Waals surface area contributed by atoms with Gasteiger partial charge in [-0.1, -0.05) is 53.2 Å². The van der Waals surface area contributed by atoms with Crippen molar-refractivity contribution < 1.29 is 79.2 Å². The molecular weight excluding hydrogens is 808 g/mol. The molecule has 5 aliphatic carbocycles. The molecule has 0 spiro atoms. The molecule has 0 aromatic heterocycles. The summed E-state index contributed by atoms with van der Waals surface area (Å²) in [6, 6.07) is 0. The second-order valence-electron chi connectivity index (χ2n) is 22.4. The molecule has 16 nitrogen and oxygen atoms in total. The quantitative estimate of drug-likeness (QED) is 0.125. The van der Waals surface area contributed by atoms with Crippen molar-refractivity contribution in [1.29, 1.82) is 0 Å². The Morgan fingerprint density at radius 3 is 2.03 bits per heavy atom. The van der Waals surface area contributed by atoms with Crippen molar-refractivity contribution in [2.24, 2.45) is 50.2 Å². The molecule has 0 unspecified atom stereocenters. The lowest BCUT2D eigenvalue weighted by molar-refractivity contribution is -0.379. The van der Waals surface area contributed by atoms with Gasteiger partial charge in [0.15, 0.2) is 18.9 Å². The molecule has 354 valence electrons. The van der Waals surface area contributed by atoms with Gasteiger partial charge in [-0.2, -0.15) is 0 Å². The van der Waals surface area contributed by atoms with Crippen molar-refractivity contribution in [3.8, 4) is 0 Å². The molecule has 7 fully saturated rings. The average molecular weight is 883 g/mol. The number of allylic oxidation sites excluding steroid dienone is 2. The van der Waals surface area contributed by atoms with E-state index in [1.807, 2.05) is 0 Å². The van der Waals surface area contributed by atoms with E-state index in [4.69, 9.17) is 28.4 Å². The number of aliphatic hydroxyl groups is 8. The van der Waals surface area contributed by atoms with Crippen molar-refractivity contribution in [1.82, 2.24) is 0 Å². The van der Waals surface area contributed by atoms with E-state index < -0.39 is 103 Å². The molecule has 4 saturated carbocycles. The summed E-state index contributed by atoms with van der Waals surface area (Å²) in [4.78, 5) is 13.1. The number of carboxylic acid groups (broad SMARTS) is 1. The first-order chi connectivity index (χ1) is 29.0. The summed E-state index contributed by atoms with van der Waals surface area (Å²) < 4.78 is 36.0. The zero-order valence-corrected chi connectivity index (χ0v) is 37.5. The number of aliphatic carboxylic acids is 1. The maximum Gasteiger partial charge on any atom is 0.310 e. The first-order valence-electron chi connectivity index (χ1n) is 23.1. The summed E-state index contributed by atoms with van der Waals surface area (Å²) in [5.41, 5.74) is -0.519. The Morgan fingerprint density at radius 2 is 1.35 bits per heavy atom. The molecule has 0 aromatic rings. The zero-order valence-electron chi connectivity index (χ0n) is 37.5. The Bertz CT molecular complexity index is 1690. The van der Waals surface area contributed by atoms with Crippen LogP contribution in [0.3, 0.4) is 0 Å². The third-order valence-corrected chi connectivity index (χ3v) is 18.7. The third kappa shape index (κ3) is 7.19. The number of hydrogen-bond donors (Lipinski definition) is 9. The minimum Gasteiger partial charge on any atom is -0.481 e. The highest BCUT2D eigenvalue weighted by molar-refractivity contribution is 5.76. The van der Waals surface area contributed by atoms with Crippen LogP contribution in [-0.4, -0.2) is 158 Å². The van der Waals surface area contributed by atoms with Crippen LogP contribution < -0.4 is 0 Å². The van der Waals surface area contributed by atoms with Gasteiger partial charge in [0.1, 0.15) is 54.9 Å². The Kier molecular flexibility index (Phi) is 12.5. The van der Waals surface area contributed by atoms with Crippen molar-refractivity contribution in [2.45, 2.75) is 199 Å². The number of carbonyl (C=O) groups is 1. The molecule has 8 aliphatic rings. The van der Waals surface area contributed by atoms with Crippen LogP contribution in [0.4, 0.5) is 0 Å². The monoisotopic (exact) mass is 882 g/mol. The largest absolute Gasteiger partial charge is 0.481 e. The fraction of sp³-hybridized carbons (Fsp3) is 0.935. The molecule has 0 bridgehead atoms. The van der Waals surface area contributed by atoms with Gasteiger partial charge in [-0.3, -0.25) is 4.79 Å². The molecule has 3 heterocycles. The minimum absolute atomic E-state index is 0.00631. The number of carboxylic acids is 1. The number of hydrogen-bond acceptors (Lipinski definition) is 15. The number of fused-ring (bicyclic) bond motifs is 7. The maximum atomic E-state index is 13.1. The predicted octanol–water partition coefficient (Wildman–Crippen LogP) is 1.98. The van der Waals surface area contributed by atoms with Crippen molar-refractivity contribution in [3.05, 3.63) is 11.6 Å². The number of aliphatic hydroxyl groups excluding tert-OH is 8. The topological polar surface area (TPSA) is 255 Å². The summed E-state index contributed by atoms with van der Waals surface area (Å²) in [7, 11) is 0. The molecule has 0 radical (unpaired) electrons. The van der Waals surface area contributed by atoms with E-state index in [2.05, 4.69) is 47.6 Å². The number of ether oxygens (including phenoxy) is 6. The van der Waals surface area contributed by atoms with Crippen LogP contribution in [0.25, 0.3) is 0 Å². The highest BCUT2D eigenvalue weighted by atomic mass is 16.8. The second-order valence-corrected chi connectivity index (χ2v) is 22.4. The summed E-state index contributed by atoms with van der Waals surface area (Å²) >= 11 is 0. The molecule has 0 amide bonds. The van der Waals surface area contributed by atoms with Gasteiger partial charge >= 0.3 is 5.97 Å². The lowest BCUT2D eigenvalue weighted by Crippen LogP contribution is -2.67. The van der Waals surface area contributed by atoms with E-state index in [9.17, 15) is 50.8 Å². The Morgan fingerprint density at radius 1 is 0.710 bits per heavy atom. The smallest absolute Gasteiger partial charge is 0.310 e. The van der Waals surface area contributed by atoms with E-state index in [0.29, 0.717) is 19.3 Å². The second kappa shape index (κ2) is 16.5. The molecule has 3 aliphatic heterocycles. The van der Waals surface area contributed by atoms with Crippen LogP contribution in [0, 0.1) is 50.2 Å². The third-order valence-electron chi connectivity index (χ3n) is 18.7. The Hall–Kier alpha value is -1.35. The van der Waals surface area contributed by atoms with Gasteiger partial charge in [0.25, 0.3) is 0 Å². The maximum absolute atomic E-state index is 13.1. The van der Waals surface area contributed by atoms with Crippen molar-refractivity contribution in [3.63, 3.8) is 0 Å². The molecule has 3 saturated heterocycles. The Labute approximate surface area is 364 Å².